The summed E-state index contributed by atoms with van der Waals surface area (Å²) in [6.45, 7) is 6.06. The molecule has 5 nitrogen and oxygen atoms in total. The molecular weight excluding hydrogens is 396 g/mol. The molecule has 30 heavy (non-hydrogen) atoms. The third-order valence-electron chi connectivity index (χ3n) is 6.66. The van der Waals surface area contributed by atoms with E-state index in [1.807, 2.05) is 12.1 Å². The van der Waals surface area contributed by atoms with Crippen LogP contribution in [-0.4, -0.2) is 39.0 Å². The van der Waals surface area contributed by atoms with Gasteiger partial charge in [-0.15, -0.1) is 0 Å². The molecule has 1 N–H and O–H groups in total. The van der Waals surface area contributed by atoms with Crippen LogP contribution in [-0.2, 0) is 14.8 Å². The first-order valence-corrected chi connectivity index (χ1v) is 12.1. The topological polar surface area (TPSA) is 58.6 Å². The highest BCUT2D eigenvalue weighted by Crippen LogP contribution is 2.50. The molecule has 0 saturated carbocycles. The second-order valence-corrected chi connectivity index (χ2v) is 10.5. The summed E-state index contributed by atoms with van der Waals surface area (Å²) in [4.78, 5) is 0.359. The van der Waals surface area contributed by atoms with Crippen LogP contribution in [0.3, 0.4) is 0 Å². The maximum Gasteiger partial charge on any atom is 0.243 e. The lowest BCUT2D eigenvalue weighted by Crippen LogP contribution is -2.40. The highest BCUT2D eigenvalue weighted by molar-refractivity contribution is 7.89. The van der Waals surface area contributed by atoms with Crippen molar-refractivity contribution in [2.24, 2.45) is 5.92 Å². The number of fused-ring (bicyclic) bond motifs is 3. The van der Waals surface area contributed by atoms with Crippen LogP contribution in [0.1, 0.15) is 40.6 Å². The fraction of sp³-hybridized carbons (Fsp3) is 0.417. The average Bonchev–Trinajstić information content (AvgIpc) is 3.24. The molecule has 1 aliphatic carbocycles. The number of morpholine rings is 1. The zero-order valence-corrected chi connectivity index (χ0v) is 18.3. The molecule has 0 amide bonds. The maximum atomic E-state index is 12.9. The average molecular weight is 425 g/mol. The Morgan fingerprint density at radius 1 is 1.07 bits per heavy atom. The molecule has 0 aromatic heterocycles. The number of hydrogen-bond acceptors (Lipinski definition) is 4. The van der Waals surface area contributed by atoms with Gasteiger partial charge in [-0.3, -0.25) is 0 Å². The molecule has 0 spiro atoms. The Morgan fingerprint density at radius 3 is 2.53 bits per heavy atom. The summed E-state index contributed by atoms with van der Waals surface area (Å²) < 4.78 is 32.7. The van der Waals surface area contributed by atoms with Crippen LogP contribution in [0, 0.1) is 19.8 Å². The summed E-state index contributed by atoms with van der Waals surface area (Å²) in [6, 6.07) is 12.2. The zero-order valence-electron chi connectivity index (χ0n) is 17.5. The molecule has 3 aliphatic rings. The van der Waals surface area contributed by atoms with Gasteiger partial charge in [0.05, 0.1) is 24.2 Å². The Morgan fingerprint density at radius 2 is 1.80 bits per heavy atom. The van der Waals surface area contributed by atoms with Crippen LogP contribution in [0.15, 0.2) is 53.4 Å². The fourth-order valence-electron chi connectivity index (χ4n) is 5.19. The SMILES string of the molecule is Cc1cc(C)c2c(c1)[C@H]1C=CC[C@@H]1[C@H](c1ccc(S(=O)(=O)N3CCOCC3)cc1)N2. The number of anilines is 1. The highest BCUT2D eigenvalue weighted by atomic mass is 32.2. The van der Waals surface area contributed by atoms with Crippen LogP contribution < -0.4 is 5.32 Å². The molecule has 6 heteroatoms. The quantitative estimate of drug-likeness (QED) is 0.752. The molecule has 3 atom stereocenters. The molecule has 158 valence electrons. The maximum absolute atomic E-state index is 12.9. The highest BCUT2D eigenvalue weighted by Gasteiger charge is 2.38. The third kappa shape index (κ3) is 3.27. The molecule has 2 aliphatic heterocycles. The van der Waals surface area contributed by atoms with E-state index >= 15 is 0 Å². The summed E-state index contributed by atoms with van der Waals surface area (Å²) in [5.74, 6) is 0.849. The Kier molecular flexibility index (Phi) is 4.96. The Labute approximate surface area is 178 Å². The molecule has 2 aromatic carbocycles. The van der Waals surface area contributed by atoms with Gasteiger partial charge in [0.2, 0.25) is 10.0 Å². The monoisotopic (exact) mass is 424 g/mol. The van der Waals surface area contributed by atoms with E-state index in [2.05, 4.69) is 43.4 Å². The number of benzene rings is 2. The molecule has 5 rings (SSSR count). The van der Waals surface area contributed by atoms with Crippen molar-refractivity contribution < 1.29 is 13.2 Å². The number of hydrogen-bond donors (Lipinski definition) is 1. The number of allylic oxidation sites excluding steroid dienone is 2. The van der Waals surface area contributed by atoms with Crippen LogP contribution in [0.4, 0.5) is 5.69 Å². The standard InChI is InChI=1S/C24H28N2O3S/c1-16-14-17(2)23-22(15-16)20-4-3-5-21(20)24(25-23)18-6-8-19(9-7-18)30(27,28)26-10-12-29-13-11-26/h3-4,6-9,14-15,20-21,24-25H,5,10-13H2,1-2H3/t20-,21-,24-/m0/s1. The van der Waals surface area contributed by atoms with Crippen LogP contribution in [0.2, 0.25) is 0 Å². The van der Waals surface area contributed by atoms with Gasteiger partial charge in [0, 0.05) is 24.7 Å². The molecule has 0 unspecified atom stereocenters. The summed E-state index contributed by atoms with van der Waals surface area (Å²) in [5, 5.41) is 3.79. The minimum atomic E-state index is -3.47. The molecule has 1 saturated heterocycles. The van der Waals surface area contributed by atoms with Crippen molar-refractivity contribution in [3.8, 4) is 0 Å². The number of nitrogens with zero attached hydrogens (tertiary/aromatic N) is 1. The second-order valence-electron chi connectivity index (χ2n) is 8.61. The van der Waals surface area contributed by atoms with Crippen molar-refractivity contribution in [2.75, 3.05) is 31.6 Å². The number of nitrogens with one attached hydrogen (secondary N) is 1. The van der Waals surface area contributed by atoms with Gasteiger partial charge in [0.15, 0.2) is 0 Å². The first-order valence-electron chi connectivity index (χ1n) is 10.7. The molecule has 2 heterocycles. The zero-order chi connectivity index (χ0) is 20.9. The van der Waals surface area contributed by atoms with E-state index in [1.54, 1.807) is 12.1 Å². The van der Waals surface area contributed by atoms with Gasteiger partial charge >= 0.3 is 0 Å². The summed E-state index contributed by atoms with van der Waals surface area (Å²) >= 11 is 0. The normalized spacial score (nSPS) is 26.1. The number of ether oxygens (including phenoxy) is 1. The number of rotatable bonds is 3. The number of aryl methyl sites for hydroxylation is 2. The Hall–Kier alpha value is -2.15. The fourth-order valence-corrected chi connectivity index (χ4v) is 6.59. The summed E-state index contributed by atoms with van der Waals surface area (Å²) in [7, 11) is -3.47. The minimum absolute atomic E-state index is 0.166. The van der Waals surface area contributed by atoms with E-state index < -0.39 is 10.0 Å². The van der Waals surface area contributed by atoms with Gasteiger partial charge in [-0.05, 0) is 55.0 Å². The van der Waals surface area contributed by atoms with E-state index in [4.69, 9.17) is 4.74 Å². The third-order valence-corrected chi connectivity index (χ3v) is 8.57. The number of sulfonamides is 1. The predicted octanol–water partition coefficient (Wildman–Crippen LogP) is 4.15. The van der Waals surface area contributed by atoms with E-state index in [0.717, 1.165) is 12.0 Å². The van der Waals surface area contributed by atoms with Crippen molar-refractivity contribution in [1.29, 1.82) is 0 Å². The van der Waals surface area contributed by atoms with Crippen molar-refractivity contribution in [2.45, 2.75) is 37.1 Å². The minimum Gasteiger partial charge on any atom is -0.379 e. The lowest BCUT2D eigenvalue weighted by atomic mass is 9.76. The summed E-state index contributed by atoms with van der Waals surface area (Å²) in [6.07, 6.45) is 5.66. The Bertz CT molecular complexity index is 1090. The molecule has 0 radical (unpaired) electrons. The lowest BCUT2D eigenvalue weighted by Gasteiger charge is -2.38. The molecule has 2 aromatic rings. The van der Waals surface area contributed by atoms with Gasteiger partial charge in [-0.1, -0.05) is 42.0 Å². The van der Waals surface area contributed by atoms with Crippen molar-refractivity contribution in [3.05, 3.63) is 70.8 Å². The molecule has 0 bridgehead atoms. The molecular formula is C24H28N2O3S. The van der Waals surface area contributed by atoms with Crippen LogP contribution >= 0.6 is 0 Å². The first kappa shape index (κ1) is 19.8. The lowest BCUT2D eigenvalue weighted by molar-refractivity contribution is 0.0730. The largest absolute Gasteiger partial charge is 0.379 e. The molecule has 1 fully saturated rings. The van der Waals surface area contributed by atoms with Crippen molar-refractivity contribution in [1.82, 2.24) is 4.31 Å². The van der Waals surface area contributed by atoms with E-state index in [-0.39, 0.29) is 6.04 Å². The van der Waals surface area contributed by atoms with E-state index in [9.17, 15) is 8.42 Å². The predicted molar refractivity (Wildman–Crippen MR) is 118 cm³/mol. The van der Waals surface area contributed by atoms with Crippen molar-refractivity contribution in [3.63, 3.8) is 0 Å². The van der Waals surface area contributed by atoms with Gasteiger partial charge in [0.25, 0.3) is 0 Å². The van der Waals surface area contributed by atoms with Gasteiger partial charge in [0.1, 0.15) is 0 Å². The van der Waals surface area contributed by atoms with Gasteiger partial charge < -0.3 is 10.1 Å². The van der Waals surface area contributed by atoms with E-state index in [1.165, 1.54) is 26.7 Å². The smallest absolute Gasteiger partial charge is 0.243 e. The first-order chi connectivity index (χ1) is 14.4. The second kappa shape index (κ2) is 7.52. The summed E-state index contributed by atoms with van der Waals surface area (Å²) in [5.41, 5.74) is 6.31. The van der Waals surface area contributed by atoms with Gasteiger partial charge in [-0.2, -0.15) is 4.31 Å². The van der Waals surface area contributed by atoms with Gasteiger partial charge in [-0.25, -0.2) is 8.42 Å². The van der Waals surface area contributed by atoms with Crippen LogP contribution in [0.5, 0.6) is 0 Å². The van der Waals surface area contributed by atoms with E-state index in [0.29, 0.717) is 43.0 Å². The van der Waals surface area contributed by atoms with Crippen LogP contribution in [0.25, 0.3) is 0 Å². The Balaban J connectivity index is 1.46. The van der Waals surface area contributed by atoms with Crippen molar-refractivity contribution >= 4 is 15.7 Å².